The molecule has 0 spiro atoms. The summed E-state index contributed by atoms with van der Waals surface area (Å²) in [5.74, 6) is 1.73. The summed E-state index contributed by atoms with van der Waals surface area (Å²) in [7, 11) is 0. The average molecular weight is 300 g/mol. The largest absolute Gasteiger partial charge is 0.310 e. The first-order chi connectivity index (χ1) is 9.06. The maximum absolute atomic E-state index is 6.23. The van der Waals surface area contributed by atoms with Gasteiger partial charge in [0.05, 0.1) is 0 Å². The van der Waals surface area contributed by atoms with E-state index in [2.05, 4.69) is 19.2 Å². The fraction of sp³-hybridized carbons (Fsp3) is 0.625. The lowest BCUT2D eigenvalue weighted by Gasteiger charge is -2.27. The summed E-state index contributed by atoms with van der Waals surface area (Å²) < 4.78 is 0. The molecule has 1 aromatic rings. The van der Waals surface area contributed by atoms with Crippen molar-refractivity contribution in [1.29, 1.82) is 0 Å². The van der Waals surface area contributed by atoms with Gasteiger partial charge in [0.25, 0.3) is 0 Å². The lowest BCUT2D eigenvalue weighted by Crippen LogP contribution is -2.28. The average Bonchev–Trinajstić information content (AvgIpc) is 2.40. The summed E-state index contributed by atoms with van der Waals surface area (Å²) in [4.78, 5) is 0. The van der Waals surface area contributed by atoms with Crippen molar-refractivity contribution in [3.8, 4) is 0 Å². The second-order valence-electron chi connectivity index (χ2n) is 5.92. The molecule has 0 aromatic heterocycles. The Morgan fingerprint density at radius 3 is 2.58 bits per heavy atom. The van der Waals surface area contributed by atoms with Crippen molar-refractivity contribution in [1.82, 2.24) is 5.32 Å². The van der Waals surface area contributed by atoms with E-state index in [9.17, 15) is 0 Å². The molecule has 1 aliphatic carbocycles. The molecule has 1 atom stereocenters. The highest BCUT2D eigenvalue weighted by Gasteiger charge is 2.19. The lowest BCUT2D eigenvalue weighted by atomic mass is 9.83. The molecule has 0 amide bonds. The molecule has 1 N–H and O–H groups in total. The molecule has 1 nitrogen and oxygen atoms in total. The van der Waals surface area contributed by atoms with Crippen molar-refractivity contribution in [2.75, 3.05) is 6.54 Å². The molecule has 0 heterocycles. The molecule has 0 bridgehead atoms. The van der Waals surface area contributed by atoms with E-state index in [1.54, 1.807) is 0 Å². The highest BCUT2D eigenvalue weighted by Crippen LogP contribution is 2.29. The fourth-order valence-electron chi connectivity index (χ4n) is 2.83. The number of rotatable bonds is 4. The molecule has 1 fully saturated rings. The Hall–Kier alpha value is -0.240. The van der Waals surface area contributed by atoms with Crippen LogP contribution >= 0.6 is 23.2 Å². The third-order valence-corrected chi connectivity index (χ3v) is 4.85. The van der Waals surface area contributed by atoms with Crippen LogP contribution in [0.4, 0.5) is 0 Å². The minimum Gasteiger partial charge on any atom is -0.310 e. The number of hydrogen-bond acceptors (Lipinski definition) is 1. The molecule has 1 aromatic carbocycles. The van der Waals surface area contributed by atoms with Crippen molar-refractivity contribution in [3.05, 3.63) is 33.8 Å². The van der Waals surface area contributed by atoms with Gasteiger partial charge < -0.3 is 5.32 Å². The number of benzene rings is 1. The number of hydrogen-bond donors (Lipinski definition) is 1. The van der Waals surface area contributed by atoms with Gasteiger partial charge in [-0.25, -0.2) is 0 Å². The molecular weight excluding hydrogens is 277 g/mol. The zero-order chi connectivity index (χ0) is 13.8. The Labute approximate surface area is 126 Å². The van der Waals surface area contributed by atoms with E-state index in [0.717, 1.165) is 34.0 Å². The minimum absolute atomic E-state index is 0.255. The smallest absolute Gasteiger partial charge is 0.0454 e. The highest BCUT2D eigenvalue weighted by atomic mass is 35.5. The van der Waals surface area contributed by atoms with Gasteiger partial charge in [0.2, 0.25) is 0 Å². The van der Waals surface area contributed by atoms with Gasteiger partial charge in [-0.3, -0.25) is 0 Å². The highest BCUT2D eigenvalue weighted by molar-refractivity contribution is 6.33. The van der Waals surface area contributed by atoms with Crippen LogP contribution in [0, 0.1) is 11.8 Å². The standard InChI is InChI=1S/C16H23Cl2N/c1-11-3-5-13(6-4-11)10-19-12(2)15-9-14(17)7-8-16(15)18/h7-9,11-13,19H,3-6,10H2,1-2H3. The van der Waals surface area contributed by atoms with Crippen molar-refractivity contribution in [2.24, 2.45) is 11.8 Å². The molecule has 106 valence electrons. The molecule has 1 unspecified atom stereocenters. The first-order valence-corrected chi connectivity index (χ1v) is 8.00. The van der Waals surface area contributed by atoms with E-state index in [-0.39, 0.29) is 6.04 Å². The summed E-state index contributed by atoms with van der Waals surface area (Å²) in [5, 5.41) is 5.15. The van der Waals surface area contributed by atoms with Crippen LogP contribution in [0.15, 0.2) is 18.2 Å². The zero-order valence-corrected chi connectivity index (χ0v) is 13.3. The Balaban J connectivity index is 1.87. The summed E-state index contributed by atoms with van der Waals surface area (Å²) in [5.41, 5.74) is 1.10. The number of halogens is 2. The van der Waals surface area contributed by atoms with Crippen molar-refractivity contribution < 1.29 is 0 Å². The first-order valence-electron chi connectivity index (χ1n) is 7.24. The minimum atomic E-state index is 0.255. The zero-order valence-electron chi connectivity index (χ0n) is 11.8. The second kappa shape index (κ2) is 6.97. The van der Waals surface area contributed by atoms with Crippen LogP contribution in [0.2, 0.25) is 10.0 Å². The van der Waals surface area contributed by atoms with Gasteiger partial charge in [0.15, 0.2) is 0 Å². The third kappa shape index (κ3) is 4.37. The molecule has 3 heteroatoms. The Bertz CT molecular complexity index is 411. The van der Waals surface area contributed by atoms with Crippen molar-refractivity contribution in [3.63, 3.8) is 0 Å². The summed E-state index contributed by atoms with van der Waals surface area (Å²) >= 11 is 12.3. The Kier molecular flexibility index (Phi) is 5.56. The van der Waals surface area contributed by atoms with Gasteiger partial charge in [-0.15, -0.1) is 0 Å². The van der Waals surface area contributed by atoms with Gasteiger partial charge in [0, 0.05) is 16.1 Å². The maximum Gasteiger partial charge on any atom is 0.0454 e. The maximum atomic E-state index is 6.23. The lowest BCUT2D eigenvalue weighted by molar-refractivity contribution is 0.276. The van der Waals surface area contributed by atoms with Crippen LogP contribution in [0.3, 0.4) is 0 Å². The molecule has 0 saturated heterocycles. The first kappa shape index (κ1) is 15.2. The summed E-state index contributed by atoms with van der Waals surface area (Å²) in [6.45, 7) is 5.59. The van der Waals surface area contributed by atoms with E-state index in [0.29, 0.717) is 0 Å². The van der Waals surface area contributed by atoms with Crippen LogP contribution in [0.25, 0.3) is 0 Å². The van der Waals surface area contributed by atoms with Gasteiger partial charge in [-0.1, -0.05) is 43.0 Å². The molecule has 2 rings (SSSR count). The molecular formula is C16H23Cl2N. The third-order valence-electron chi connectivity index (χ3n) is 4.27. The van der Waals surface area contributed by atoms with Gasteiger partial charge >= 0.3 is 0 Å². The quantitative estimate of drug-likeness (QED) is 0.777. The van der Waals surface area contributed by atoms with Crippen LogP contribution in [0.5, 0.6) is 0 Å². The Morgan fingerprint density at radius 1 is 1.21 bits per heavy atom. The van der Waals surface area contributed by atoms with Crippen molar-refractivity contribution >= 4 is 23.2 Å². The van der Waals surface area contributed by atoms with Crippen LogP contribution in [0.1, 0.15) is 51.1 Å². The molecule has 1 aliphatic rings. The van der Waals surface area contributed by atoms with Crippen LogP contribution in [-0.4, -0.2) is 6.54 Å². The summed E-state index contributed by atoms with van der Waals surface area (Å²) in [6.07, 6.45) is 5.45. The van der Waals surface area contributed by atoms with Crippen LogP contribution < -0.4 is 5.32 Å². The van der Waals surface area contributed by atoms with Gasteiger partial charge in [-0.2, -0.15) is 0 Å². The van der Waals surface area contributed by atoms with Crippen molar-refractivity contribution in [2.45, 2.75) is 45.6 Å². The van der Waals surface area contributed by atoms with E-state index in [1.807, 2.05) is 18.2 Å². The molecule has 0 aliphatic heterocycles. The molecule has 0 radical (unpaired) electrons. The normalized spacial score (nSPS) is 25.3. The Morgan fingerprint density at radius 2 is 1.89 bits per heavy atom. The monoisotopic (exact) mass is 299 g/mol. The predicted molar refractivity (Wildman–Crippen MR) is 84.0 cm³/mol. The molecule has 19 heavy (non-hydrogen) atoms. The van der Waals surface area contributed by atoms with Crippen LogP contribution in [-0.2, 0) is 0 Å². The van der Waals surface area contributed by atoms with E-state index in [4.69, 9.17) is 23.2 Å². The van der Waals surface area contributed by atoms with Gasteiger partial charge in [0.1, 0.15) is 0 Å². The van der Waals surface area contributed by atoms with E-state index < -0.39 is 0 Å². The fourth-order valence-corrected chi connectivity index (χ4v) is 3.29. The van der Waals surface area contributed by atoms with Gasteiger partial charge in [-0.05, 0) is 61.9 Å². The molecule has 1 saturated carbocycles. The predicted octanol–water partition coefficient (Wildman–Crippen LogP) is 5.47. The topological polar surface area (TPSA) is 12.0 Å². The summed E-state index contributed by atoms with van der Waals surface area (Å²) in [6, 6.07) is 5.93. The number of nitrogens with one attached hydrogen (secondary N) is 1. The van der Waals surface area contributed by atoms with E-state index in [1.165, 1.54) is 25.7 Å². The second-order valence-corrected chi connectivity index (χ2v) is 6.77. The SMILES string of the molecule is CC1CCC(CNC(C)c2cc(Cl)ccc2Cl)CC1. The van der Waals surface area contributed by atoms with E-state index >= 15 is 0 Å².